The van der Waals surface area contributed by atoms with Gasteiger partial charge in [-0.05, 0) is 135 Å². The number of aliphatic carboxylic acids is 1. The molecule has 5 fully saturated rings. The van der Waals surface area contributed by atoms with E-state index in [9.17, 15) is 42.3 Å². The molecule has 4 aliphatic carbocycles. The number of fused-ring (bicyclic) bond motifs is 1. The number of carboxylic acids is 1. The predicted molar refractivity (Wildman–Crippen MR) is 275 cm³/mol. The second-order valence-electron chi connectivity index (χ2n) is 23.5. The first-order valence-corrected chi connectivity index (χ1v) is 28.1. The summed E-state index contributed by atoms with van der Waals surface area (Å²) in [5, 5.41) is 11.0. The Balaban J connectivity index is 0.000000408. The number of hydrogen-bond acceptors (Lipinski definition) is 13. The Morgan fingerprint density at radius 3 is 1.97 bits per heavy atom. The van der Waals surface area contributed by atoms with E-state index in [4.69, 9.17) is 18.4 Å². The SMILES string of the molecule is C=C[C@@H]1C[C@]1(CC(=O)[C@@H]1C[C@@H](Oc2nccc3cc(C)ccc23)CN1C(=O)[C@@H](CC(=O)OC(C)(C)C)C1CCCCC1)C(=O)NS(=O)(=O)OC1(CCC)CC1.CC(C)(C)OC(=O)C[C@H](C(=O)O)C1CCCCC1. The molecule has 0 bridgehead atoms. The van der Waals surface area contributed by atoms with E-state index in [1.54, 1.807) is 53.8 Å². The first kappa shape index (κ1) is 57.4. The highest BCUT2D eigenvalue weighted by molar-refractivity contribution is 7.85. The number of allylic oxidation sites excluding steroid dienone is 1. The quantitative estimate of drug-likeness (QED) is 0.0931. The molecule has 0 radical (unpaired) electrons. The maximum atomic E-state index is 14.8. The van der Waals surface area contributed by atoms with Crippen LogP contribution in [0.4, 0.5) is 0 Å². The Labute approximate surface area is 432 Å². The number of pyridine rings is 1. The lowest BCUT2D eigenvalue weighted by Crippen LogP contribution is -2.48. The highest BCUT2D eigenvalue weighted by atomic mass is 32.2. The molecule has 17 heteroatoms. The van der Waals surface area contributed by atoms with Crippen molar-refractivity contribution < 1.29 is 60.7 Å². The van der Waals surface area contributed by atoms with Crippen LogP contribution in [0.5, 0.6) is 5.88 Å². The van der Waals surface area contributed by atoms with Crippen molar-refractivity contribution in [2.45, 2.75) is 206 Å². The van der Waals surface area contributed by atoms with E-state index in [-0.39, 0.29) is 62.2 Å². The molecule has 0 unspecified atom stereocenters. The van der Waals surface area contributed by atoms with Crippen molar-refractivity contribution in [3.05, 3.63) is 48.7 Å². The Morgan fingerprint density at radius 2 is 1.45 bits per heavy atom. The van der Waals surface area contributed by atoms with Gasteiger partial charge in [0.1, 0.15) is 17.3 Å². The molecule has 2 aromatic rings. The Kier molecular flexibility index (Phi) is 18.7. The number of esters is 2. The van der Waals surface area contributed by atoms with Gasteiger partial charge < -0.3 is 24.2 Å². The Morgan fingerprint density at radius 1 is 0.877 bits per heavy atom. The average molecular weight is 1040 g/mol. The maximum absolute atomic E-state index is 14.8. The number of carbonyl (C=O) groups is 6. The lowest BCUT2D eigenvalue weighted by atomic mass is 9.77. The van der Waals surface area contributed by atoms with E-state index < -0.39 is 86.2 Å². The molecule has 2 amide bonds. The third kappa shape index (κ3) is 15.8. The number of carbonyl (C=O) groups excluding carboxylic acids is 5. The summed E-state index contributed by atoms with van der Waals surface area (Å²) in [7, 11) is -4.44. The van der Waals surface area contributed by atoms with Crippen LogP contribution < -0.4 is 9.46 Å². The number of nitrogens with zero attached hydrogens (tertiary/aromatic N) is 2. The van der Waals surface area contributed by atoms with Crippen LogP contribution in [0.15, 0.2) is 43.1 Å². The summed E-state index contributed by atoms with van der Waals surface area (Å²) in [6.45, 7) is 18.6. The maximum Gasteiger partial charge on any atom is 0.362 e. The smallest absolute Gasteiger partial charge is 0.362 e. The number of ketones is 1. The first-order valence-electron chi connectivity index (χ1n) is 26.7. The molecule has 2 heterocycles. The van der Waals surface area contributed by atoms with Crippen molar-refractivity contribution in [3.63, 3.8) is 0 Å². The van der Waals surface area contributed by atoms with Gasteiger partial charge in [0.05, 0.1) is 48.3 Å². The summed E-state index contributed by atoms with van der Waals surface area (Å²) >= 11 is 0. The second-order valence-corrected chi connectivity index (χ2v) is 24.8. The van der Waals surface area contributed by atoms with Crippen LogP contribution in [0.1, 0.15) is 176 Å². The summed E-state index contributed by atoms with van der Waals surface area (Å²) < 4.78 is 51.1. The van der Waals surface area contributed by atoms with Gasteiger partial charge in [0, 0.05) is 24.4 Å². The van der Waals surface area contributed by atoms with Crippen molar-refractivity contribution in [2.75, 3.05) is 6.54 Å². The van der Waals surface area contributed by atoms with Gasteiger partial charge in [0.15, 0.2) is 5.78 Å². The molecule has 6 atom stereocenters. The van der Waals surface area contributed by atoms with Gasteiger partial charge in [0.25, 0.3) is 0 Å². The van der Waals surface area contributed by atoms with Crippen LogP contribution >= 0.6 is 0 Å². The molecule has 1 saturated heterocycles. The minimum absolute atomic E-state index is 0.00271. The molecule has 1 aromatic heterocycles. The summed E-state index contributed by atoms with van der Waals surface area (Å²) in [5.74, 6) is -4.55. The highest BCUT2D eigenvalue weighted by Crippen LogP contribution is 2.57. The normalized spacial score (nSPS) is 24.0. The molecule has 404 valence electrons. The van der Waals surface area contributed by atoms with Crippen LogP contribution in [-0.4, -0.2) is 94.4 Å². The summed E-state index contributed by atoms with van der Waals surface area (Å²) in [4.78, 5) is 85.6. The van der Waals surface area contributed by atoms with Crippen molar-refractivity contribution in [2.24, 2.45) is 35.0 Å². The zero-order chi connectivity index (χ0) is 53.5. The van der Waals surface area contributed by atoms with Crippen LogP contribution in [0, 0.1) is 41.9 Å². The number of Topliss-reactive ketones (excluding diaryl/α,β-unsaturated/α-hetero) is 1. The molecule has 4 saturated carbocycles. The fraction of sp³-hybridized carbons (Fsp3) is 0.696. The topological polar surface area (TPSA) is 222 Å². The van der Waals surface area contributed by atoms with Gasteiger partial charge in [-0.25, -0.2) is 13.9 Å². The van der Waals surface area contributed by atoms with E-state index in [1.807, 2.05) is 38.1 Å². The highest BCUT2D eigenvalue weighted by Gasteiger charge is 2.62. The molecule has 1 aliphatic heterocycles. The van der Waals surface area contributed by atoms with Crippen LogP contribution in [0.25, 0.3) is 10.8 Å². The first-order chi connectivity index (χ1) is 34.3. The monoisotopic (exact) mass is 1040 g/mol. The van der Waals surface area contributed by atoms with Crippen LogP contribution in [0.3, 0.4) is 0 Å². The number of aryl methyl sites for hydroxylation is 1. The summed E-state index contributed by atoms with van der Waals surface area (Å²) in [6, 6.07) is 6.84. The standard InChI is InChI=1S/C42H57N3O9S.C14H24O4/c1-7-17-41(18-19-41)54-55(50,51)44-39(49)42(24-30(42)8-2)25-35(46)34-22-31(52-37-32-15-14-27(3)21-29(32)16-20-43-37)26-45(34)38(48)33(28-12-10-9-11-13-28)23-36(47)53-40(4,5)6;1-14(2,3)18-12(15)9-11(13(16)17)10-7-5-4-6-8-10/h8,14-16,20-21,28,30-31,33-34H,2,7,9-13,17-19,22-26H2,1,3-6H3,(H,44,49);10-11H,4-9H2,1-3H3,(H,16,17)/t30-,31-,33+,34+,42-;11-/m10/s1. The molecular weight excluding hydrogens is 955 g/mol. The zero-order valence-corrected chi connectivity index (χ0v) is 45.3. The van der Waals surface area contributed by atoms with Crippen molar-refractivity contribution in [3.8, 4) is 5.88 Å². The fourth-order valence-electron chi connectivity index (χ4n) is 11.3. The molecule has 16 nitrogen and oxygen atoms in total. The molecule has 1 aromatic carbocycles. The number of likely N-dealkylation sites (tertiary alicyclic amines) is 1. The molecular formula is C56H81N3O13S. The van der Waals surface area contributed by atoms with Crippen molar-refractivity contribution in [1.82, 2.24) is 14.6 Å². The van der Waals surface area contributed by atoms with E-state index >= 15 is 0 Å². The van der Waals surface area contributed by atoms with E-state index in [1.165, 1.54) is 11.3 Å². The molecule has 0 spiro atoms. The fourth-order valence-corrected chi connectivity index (χ4v) is 12.5. The number of benzene rings is 1. The average Bonchev–Trinajstić information content (AvgIpc) is 4.19. The third-order valence-electron chi connectivity index (χ3n) is 15.1. The van der Waals surface area contributed by atoms with E-state index in [2.05, 4.69) is 16.3 Å². The largest absolute Gasteiger partial charge is 0.481 e. The van der Waals surface area contributed by atoms with Gasteiger partial charge in [-0.2, -0.15) is 8.42 Å². The number of rotatable bonds is 20. The molecule has 73 heavy (non-hydrogen) atoms. The van der Waals surface area contributed by atoms with Gasteiger partial charge in [-0.3, -0.25) is 28.8 Å². The van der Waals surface area contributed by atoms with Gasteiger partial charge in [-0.1, -0.05) is 75.6 Å². The number of aromatic nitrogens is 1. The molecule has 2 N–H and O–H groups in total. The number of hydrogen-bond donors (Lipinski definition) is 2. The predicted octanol–water partition coefficient (Wildman–Crippen LogP) is 9.68. The zero-order valence-electron chi connectivity index (χ0n) is 44.5. The van der Waals surface area contributed by atoms with Crippen LogP contribution in [-0.2, 0) is 52.7 Å². The van der Waals surface area contributed by atoms with E-state index in [0.29, 0.717) is 25.1 Å². The second kappa shape index (κ2) is 23.8. The third-order valence-corrected chi connectivity index (χ3v) is 16.2. The summed E-state index contributed by atoms with van der Waals surface area (Å²) in [6.07, 6.45) is 14.7. The van der Waals surface area contributed by atoms with Crippen molar-refractivity contribution >= 4 is 56.6 Å². The Hall–Kier alpha value is -4.90. The lowest BCUT2D eigenvalue weighted by Gasteiger charge is -2.34. The number of ether oxygens (including phenoxy) is 3. The molecule has 7 rings (SSSR count). The number of carboxylic acid groups (broad SMARTS) is 1. The number of nitrogens with one attached hydrogen (secondary N) is 1. The van der Waals surface area contributed by atoms with Gasteiger partial charge in [0.2, 0.25) is 17.7 Å². The van der Waals surface area contributed by atoms with Gasteiger partial charge >= 0.3 is 28.2 Å². The number of amides is 2. The lowest BCUT2D eigenvalue weighted by molar-refractivity contribution is -0.161. The minimum Gasteiger partial charge on any atom is -0.481 e. The minimum atomic E-state index is -4.44. The molecule has 5 aliphatic rings. The van der Waals surface area contributed by atoms with Crippen LogP contribution in [0.2, 0.25) is 0 Å². The Bertz CT molecular complexity index is 2450. The van der Waals surface area contributed by atoms with E-state index in [0.717, 1.165) is 80.5 Å². The van der Waals surface area contributed by atoms with Gasteiger partial charge in [-0.15, -0.1) is 6.58 Å². The summed E-state index contributed by atoms with van der Waals surface area (Å²) in [5.41, 5.74) is -2.36. The van der Waals surface area contributed by atoms with Crippen molar-refractivity contribution in [1.29, 1.82) is 0 Å².